The summed E-state index contributed by atoms with van der Waals surface area (Å²) in [7, 11) is 0. The average Bonchev–Trinajstić information content (AvgIpc) is 2.20. The van der Waals surface area contributed by atoms with E-state index in [0.29, 0.717) is 0 Å². The van der Waals surface area contributed by atoms with Crippen LogP contribution >= 0.6 is 0 Å². The molecule has 15 heavy (non-hydrogen) atoms. The number of hydrogen-bond donors (Lipinski definition) is 4. The van der Waals surface area contributed by atoms with Crippen LogP contribution in [0.25, 0.3) is 0 Å². The number of carbonyl (C=O) groups excluding carboxylic acids is 1. The van der Waals surface area contributed by atoms with Gasteiger partial charge in [0.05, 0.1) is 7.41 Å². The molecule has 0 aliphatic carbocycles. The van der Waals surface area contributed by atoms with Gasteiger partial charge in [-0.2, -0.15) is 0 Å². The number of phenolic OH excluding ortho intramolecular Hbond substituents is 2. The maximum Gasteiger partial charge on any atom is 0.157 e. The minimum absolute atomic E-state index is 0.0644. The molecular weight excluding hydrogens is 198 g/mol. The van der Waals surface area contributed by atoms with E-state index in [2.05, 4.69) is 0 Å². The highest BCUT2D eigenvalue weighted by Crippen LogP contribution is 2.28. The van der Waals surface area contributed by atoms with E-state index in [1.165, 1.54) is 6.07 Å². The maximum atomic E-state index is 11.0. The monoisotopic (exact) mass is 212 g/mol. The molecule has 1 aromatic carbocycles. The van der Waals surface area contributed by atoms with Crippen LogP contribution in [0.2, 0.25) is 0 Å². The lowest BCUT2D eigenvalue weighted by Crippen LogP contribution is -2.35. The standard InChI is InChI=1S/C10H13NO4/c1-5(12)9(11)10(15)6-2-3-7(13)8(14)4-6/h2-4,9-10,13-15H,11H2,1H3/t9-,10+/m0/s1/i10D. The van der Waals surface area contributed by atoms with Gasteiger partial charge < -0.3 is 21.1 Å². The minimum Gasteiger partial charge on any atom is -0.504 e. The molecule has 0 spiro atoms. The van der Waals surface area contributed by atoms with E-state index in [0.717, 1.165) is 19.1 Å². The topological polar surface area (TPSA) is 104 Å². The third-order valence-corrected chi connectivity index (χ3v) is 2.00. The first kappa shape index (κ1) is 9.95. The van der Waals surface area contributed by atoms with Gasteiger partial charge in [-0.3, -0.25) is 4.79 Å². The molecule has 0 saturated heterocycles. The van der Waals surface area contributed by atoms with E-state index in [1.807, 2.05) is 0 Å². The summed E-state index contributed by atoms with van der Waals surface area (Å²) in [5, 5.41) is 28.0. The van der Waals surface area contributed by atoms with Crippen LogP contribution in [-0.4, -0.2) is 27.1 Å². The zero-order valence-corrected chi connectivity index (χ0v) is 8.14. The van der Waals surface area contributed by atoms with Gasteiger partial charge in [0.15, 0.2) is 11.5 Å². The van der Waals surface area contributed by atoms with Gasteiger partial charge in [-0.15, -0.1) is 0 Å². The molecule has 1 aromatic rings. The summed E-state index contributed by atoms with van der Waals surface area (Å²) in [6.45, 7) is 1.16. The Hall–Kier alpha value is -1.59. The van der Waals surface area contributed by atoms with E-state index in [-0.39, 0.29) is 11.3 Å². The molecule has 0 bridgehead atoms. The van der Waals surface area contributed by atoms with Gasteiger partial charge in [0.25, 0.3) is 0 Å². The largest absolute Gasteiger partial charge is 0.504 e. The molecular formula is C10H13NO4. The molecule has 0 radical (unpaired) electrons. The van der Waals surface area contributed by atoms with E-state index in [4.69, 9.17) is 12.2 Å². The number of nitrogens with two attached hydrogens (primary N) is 1. The highest BCUT2D eigenvalue weighted by atomic mass is 16.3. The molecule has 0 saturated carbocycles. The molecule has 0 aliphatic heterocycles. The summed E-state index contributed by atoms with van der Waals surface area (Å²) in [6, 6.07) is 1.89. The number of rotatable bonds is 3. The normalized spacial score (nSPS) is 17.7. The van der Waals surface area contributed by atoms with Crippen LogP contribution in [0.15, 0.2) is 18.2 Å². The van der Waals surface area contributed by atoms with Crippen molar-refractivity contribution < 1.29 is 21.5 Å². The predicted octanol–water partition coefficient (Wildman–Crippen LogP) is 0.0475. The second kappa shape index (κ2) is 4.29. The van der Waals surface area contributed by atoms with Crippen molar-refractivity contribution in [1.82, 2.24) is 0 Å². The molecule has 5 N–H and O–H groups in total. The summed E-state index contributed by atoms with van der Waals surface area (Å²) in [6.07, 6.45) is -2.34. The van der Waals surface area contributed by atoms with E-state index >= 15 is 0 Å². The van der Waals surface area contributed by atoms with Crippen LogP contribution in [0.1, 0.15) is 19.9 Å². The molecule has 0 heterocycles. The van der Waals surface area contributed by atoms with Crippen molar-refractivity contribution in [3.63, 3.8) is 0 Å². The Bertz CT molecular complexity index is 419. The molecule has 2 atom stereocenters. The van der Waals surface area contributed by atoms with Crippen LogP contribution in [0.5, 0.6) is 11.5 Å². The second-order valence-corrected chi connectivity index (χ2v) is 3.18. The summed E-state index contributed by atoms with van der Waals surface area (Å²) >= 11 is 0. The van der Waals surface area contributed by atoms with Crippen molar-refractivity contribution in [3.05, 3.63) is 23.8 Å². The van der Waals surface area contributed by atoms with Crippen molar-refractivity contribution in [2.75, 3.05) is 0 Å². The minimum atomic E-state index is -2.34. The SMILES string of the molecule is [2H][C@@](O)(c1ccc(O)c(O)c1)[C@@H](N)C(C)=O. The number of phenols is 2. The zero-order chi connectivity index (χ0) is 12.5. The Labute approximate surface area is 88.2 Å². The Kier molecular flexibility index (Phi) is 2.84. The van der Waals surface area contributed by atoms with Gasteiger partial charge in [-0.05, 0) is 24.6 Å². The number of Topliss-reactive ketones (excluding diaryl/α,β-unsaturated/α-hetero) is 1. The first-order valence-electron chi connectivity index (χ1n) is 4.77. The number of benzene rings is 1. The first-order valence-corrected chi connectivity index (χ1v) is 4.27. The zero-order valence-electron chi connectivity index (χ0n) is 9.14. The molecule has 82 valence electrons. The van der Waals surface area contributed by atoms with Crippen LogP contribution in [0.3, 0.4) is 0 Å². The number of hydrogen-bond acceptors (Lipinski definition) is 5. The van der Waals surface area contributed by atoms with Gasteiger partial charge in [0.1, 0.15) is 11.9 Å². The second-order valence-electron chi connectivity index (χ2n) is 3.18. The number of aliphatic hydroxyl groups is 1. The van der Waals surface area contributed by atoms with Crippen molar-refractivity contribution in [2.45, 2.75) is 19.0 Å². The fraction of sp³-hybridized carbons (Fsp3) is 0.300. The Balaban J connectivity index is 3.16. The highest BCUT2D eigenvalue weighted by molar-refractivity contribution is 5.82. The number of ketones is 1. The Morgan fingerprint density at radius 2 is 2.07 bits per heavy atom. The summed E-state index contributed by atoms with van der Waals surface area (Å²) in [5.41, 5.74) is 5.32. The molecule has 0 aliphatic rings. The average molecular weight is 212 g/mol. The lowest BCUT2D eigenvalue weighted by Gasteiger charge is -2.16. The summed E-state index contributed by atoms with van der Waals surface area (Å²) in [4.78, 5) is 11.0. The van der Waals surface area contributed by atoms with Crippen molar-refractivity contribution in [1.29, 1.82) is 0 Å². The van der Waals surface area contributed by atoms with Crippen LogP contribution in [0.4, 0.5) is 0 Å². The maximum absolute atomic E-state index is 11.0. The molecule has 5 heteroatoms. The third-order valence-electron chi connectivity index (χ3n) is 2.00. The van der Waals surface area contributed by atoms with Gasteiger partial charge in [-0.25, -0.2) is 0 Å². The number of aromatic hydroxyl groups is 2. The smallest absolute Gasteiger partial charge is 0.157 e. The molecule has 5 nitrogen and oxygen atoms in total. The summed E-state index contributed by atoms with van der Waals surface area (Å²) < 4.78 is 7.59. The van der Waals surface area contributed by atoms with E-state index in [9.17, 15) is 15.0 Å². The van der Waals surface area contributed by atoms with Gasteiger partial charge in [0, 0.05) is 0 Å². The molecule has 1 rings (SSSR count). The van der Waals surface area contributed by atoms with E-state index < -0.39 is 23.7 Å². The highest BCUT2D eigenvalue weighted by Gasteiger charge is 2.21. The predicted molar refractivity (Wildman–Crippen MR) is 53.4 cm³/mol. The van der Waals surface area contributed by atoms with Crippen LogP contribution in [0, 0.1) is 0 Å². The van der Waals surface area contributed by atoms with Crippen LogP contribution < -0.4 is 5.73 Å². The molecule has 0 aromatic heterocycles. The van der Waals surface area contributed by atoms with E-state index in [1.54, 1.807) is 0 Å². The van der Waals surface area contributed by atoms with Crippen molar-refractivity contribution >= 4 is 5.78 Å². The lowest BCUT2D eigenvalue weighted by atomic mass is 10.00. The number of carbonyl (C=O) groups is 1. The fourth-order valence-corrected chi connectivity index (χ4v) is 1.05. The van der Waals surface area contributed by atoms with Crippen molar-refractivity contribution in [3.8, 4) is 11.5 Å². The van der Waals surface area contributed by atoms with Gasteiger partial charge in [0.2, 0.25) is 0 Å². The summed E-state index contributed by atoms with van der Waals surface area (Å²) in [5.74, 6) is -1.42. The quantitative estimate of drug-likeness (QED) is 0.530. The lowest BCUT2D eigenvalue weighted by molar-refractivity contribution is -0.120. The van der Waals surface area contributed by atoms with Gasteiger partial charge >= 0.3 is 0 Å². The fourth-order valence-electron chi connectivity index (χ4n) is 1.05. The van der Waals surface area contributed by atoms with Gasteiger partial charge in [-0.1, -0.05) is 6.07 Å². The Morgan fingerprint density at radius 1 is 1.47 bits per heavy atom. The molecule has 0 amide bonds. The van der Waals surface area contributed by atoms with Crippen LogP contribution in [-0.2, 0) is 4.79 Å². The third kappa shape index (κ3) is 2.45. The molecule has 0 fully saturated rings. The Morgan fingerprint density at radius 3 is 2.53 bits per heavy atom. The van der Waals surface area contributed by atoms with Crippen molar-refractivity contribution in [2.24, 2.45) is 5.73 Å². The first-order chi connectivity index (χ1) is 7.26. The molecule has 0 unspecified atom stereocenters.